The molecule has 17 heavy (non-hydrogen) atoms. The number of amides is 2. The third kappa shape index (κ3) is 4.80. The van der Waals surface area contributed by atoms with Gasteiger partial charge >= 0.3 is 12.2 Å². The van der Waals surface area contributed by atoms with Crippen molar-refractivity contribution in [2.45, 2.75) is 32.0 Å². The molecule has 1 aliphatic rings. The fraction of sp³-hybridized carbons (Fsp3) is 0.900. The van der Waals surface area contributed by atoms with E-state index in [-0.39, 0.29) is 12.5 Å². The van der Waals surface area contributed by atoms with E-state index in [4.69, 9.17) is 0 Å². The smallest absolute Gasteiger partial charge is 0.390 e. The summed E-state index contributed by atoms with van der Waals surface area (Å²) in [6.45, 7) is 2.10. The van der Waals surface area contributed by atoms with Crippen LogP contribution < -0.4 is 5.32 Å². The van der Waals surface area contributed by atoms with Crippen LogP contribution in [0.4, 0.5) is 18.0 Å². The molecule has 1 fully saturated rings. The van der Waals surface area contributed by atoms with Crippen LogP contribution in [0.3, 0.4) is 0 Å². The molecule has 0 aromatic heterocycles. The molecule has 0 spiro atoms. The van der Waals surface area contributed by atoms with Crippen molar-refractivity contribution in [2.75, 3.05) is 19.6 Å². The molecule has 1 rings (SSSR count). The minimum Gasteiger partial charge on any atom is -0.391 e. The van der Waals surface area contributed by atoms with Gasteiger partial charge in [0.15, 0.2) is 0 Å². The van der Waals surface area contributed by atoms with Crippen molar-refractivity contribution in [1.29, 1.82) is 0 Å². The predicted molar refractivity (Wildman–Crippen MR) is 55.4 cm³/mol. The summed E-state index contributed by atoms with van der Waals surface area (Å²) < 4.78 is 35.6. The Kier molecular flexibility index (Phi) is 4.62. The molecule has 1 aliphatic heterocycles. The van der Waals surface area contributed by atoms with Crippen molar-refractivity contribution in [3.05, 3.63) is 0 Å². The van der Waals surface area contributed by atoms with Crippen molar-refractivity contribution in [2.24, 2.45) is 5.92 Å². The Bertz CT molecular complexity index is 271. The van der Waals surface area contributed by atoms with E-state index in [9.17, 15) is 23.1 Å². The van der Waals surface area contributed by atoms with E-state index in [1.165, 1.54) is 4.90 Å². The Labute approximate surface area is 97.8 Å². The SMILES string of the molecule is CC1CCN(C(=O)NCCC(F)(F)F)CC1O. The zero-order chi connectivity index (χ0) is 13.1. The number of rotatable bonds is 2. The molecule has 0 aromatic carbocycles. The Hall–Kier alpha value is -0.980. The van der Waals surface area contributed by atoms with Crippen LogP contribution in [-0.4, -0.2) is 48.0 Å². The highest BCUT2D eigenvalue weighted by Gasteiger charge is 2.29. The van der Waals surface area contributed by atoms with Crippen molar-refractivity contribution in [1.82, 2.24) is 10.2 Å². The molecule has 100 valence electrons. The van der Waals surface area contributed by atoms with Crippen LogP contribution in [-0.2, 0) is 0 Å². The first kappa shape index (κ1) is 14.1. The number of aliphatic hydroxyl groups is 1. The first-order valence-corrected chi connectivity index (χ1v) is 5.57. The zero-order valence-corrected chi connectivity index (χ0v) is 9.63. The van der Waals surface area contributed by atoms with Crippen molar-refractivity contribution < 1.29 is 23.1 Å². The number of likely N-dealkylation sites (tertiary alicyclic amines) is 1. The van der Waals surface area contributed by atoms with E-state index in [1.807, 2.05) is 6.92 Å². The molecule has 7 heteroatoms. The number of aliphatic hydroxyl groups excluding tert-OH is 1. The van der Waals surface area contributed by atoms with Gasteiger partial charge in [0.25, 0.3) is 0 Å². The molecule has 2 N–H and O–H groups in total. The van der Waals surface area contributed by atoms with E-state index in [0.717, 1.165) is 0 Å². The first-order chi connectivity index (χ1) is 7.79. The van der Waals surface area contributed by atoms with E-state index in [1.54, 1.807) is 0 Å². The fourth-order valence-electron chi connectivity index (χ4n) is 1.66. The lowest BCUT2D eigenvalue weighted by atomic mass is 9.96. The molecule has 0 radical (unpaired) electrons. The second kappa shape index (κ2) is 5.57. The quantitative estimate of drug-likeness (QED) is 0.781. The number of piperidine rings is 1. The van der Waals surface area contributed by atoms with E-state index in [0.29, 0.717) is 13.0 Å². The van der Waals surface area contributed by atoms with Crippen LogP contribution >= 0.6 is 0 Å². The predicted octanol–water partition coefficient (Wildman–Crippen LogP) is 1.35. The lowest BCUT2D eigenvalue weighted by Gasteiger charge is -2.34. The summed E-state index contributed by atoms with van der Waals surface area (Å²) in [6, 6.07) is -0.541. The summed E-state index contributed by atoms with van der Waals surface area (Å²) in [4.78, 5) is 12.8. The highest BCUT2D eigenvalue weighted by atomic mass is 19.4. The Balaban J connectivity index is 2.29. The average Bonchev–Trinajstić information content (AvgIpc) is 2.20. The normalized spacial score (nSPS) is 25.8. The van der Waals surface area contributed by atoms with Crippen LogP contribution in [0, 0.1) is 5.92 Å². The molecule has 4 nitrogen and oxygen atoms in total. The number of nitrogens with zero attached hydrogens (tertiary/aromatic N) is 1. The van der Waals surface area contributed by atoms with Gasteiger partial charge in [-0.05, 0) is 12.3 Å². The molecular weight excluding hydrogens is 237 g/mol. The standard InChI is InChI=1S/C10H17F3N2O2/c1-7-2-5-15(6-8(7)16)9(17)14-4-3-10(11,12)13/h7-8,16H,2-6H2,1H3,(H,14,17). The zero-order valence-electron chi connectivity index (χ0n) is 9.63. The van der Waals surface area contributed by atoms with Gasteiger partial charge in [-0.25, -0.2) is 4.79 Å². The number of carbonyl (C=O) groups is 1. The maximum absolute atomic E-state index is 11.9. The first-order valence-electron chi connectivity index (χ1n) is 5.57. The van der Waals surface area contributed by atoms with Gasteiger partial charge in [0.2, 0.25) is 0 Å². The monoisotopic (exact) mass is 254 g/mol. The molecule has 0 bridgehead atoms. The lowest BCUT2D eigenvalue weighted by Crippen LogP contribution is -2.50. The number of urea groups is 1. The fourth-order valence-corrected chi connectivity index (χ4v) is 1.66. The van der Waals surface area contributed by atoms with Crippen molar-refractivity contribution in [3.8, 4) is 0 Å². The number of hydrogen-bond donors (Lipinski definition) is 2. The van der Waals surface area contributed by atoms with Gasteiger partial charge in [0, 0.05) is 19.6 Å². The molecule has 2 unspecified atom stereocenters. The summed E-state index contributed by atoms with van der Waals surface area (Å²) in [5.41, 5.74) is 0. The molecule has 0 saturated carbocycles. The summed E-state index contributed by atoms with van der Waals surface area (Å²) in [5.74, 6) is 0.120. The summed E-state index contributed by atoms with van der Waals surface area (Å²) in [7, 11) is 0. The average molecular weight is 254 g/mol. The van der Waals surface area contributed by atoms with Gasteiger partial charge in [-0.2, -0.15) is 13.2 Å². The van der Waals surface area contributed by atoms with Gasteiger partial charge in [-0.3, -0.25) is 0 Å². The van der Waals surface area contributed by atoms with Crippen LogP contribution in [0.25, 0.3) is 0 Å². The molecule has 1 saturated heterocycles. The van der Waals surface area contributed by atoms with E-state index in [2.05, 4.69) is 5.32 Å². The third-order valence-corrected chi connectivity index (χ3v) is 2.89. The summed E-state index contributed by atoms with van der Waals surface area (Å²) in [6.07, 6.45) is -5.24. The largest absolute Gasteiger partial charge is 0.391 e. The minimum atomic E-state index is -4.26. The topological polar surface area (TPSA) is 52.6 Å². The molecular formula is C10H17F3N2O2. The third-order valence-electron chi connectivity index (χ3n) is 2.89. The number of β-amino-alcohol motifs (C(OH)–C–C–N with tert-alkyl or cyclic N) is 1. The van der Waals surface area contributed by atoms with Crippen molar-refractivity contribution >= 4 is 6.03 Å². The maximum Gasteiger partial charge on any atom is 0.390 e. The summed E-state index contributed by atoms with van der Waals surface area (Å²) in [5, 5.41) is 11.8. The van der Waals surface area contributed by atoms with Gasteiger partial charge in [0.1, 0.15) is 0 Å². The number of carbonyl (C=O) groups excluding carboxylic acids is 1. The van der Waals surface area contributed by atoms with Gasteiger partial charge in [-0.15, -0.1) is 0 Å². The van der Waals surface area contributed by atoms with Crippen LogP contribution in [0.1, 0.15) is 19.8 Å². The van der Waals surface area contributed by atoms with Gasteiger partial charge < -0.3 is 15.3 Å². The van der Waals surface area contributed by atoms with E-state index >= 15 is 0 Å². The van der Waals surface area contributed by atoms with Crippen LogP contribution in [0.2, 0.25) is 0 Å². The lowest BCUT2D eigenvalue weighted by molar-refractivity contribution is -0.133. The Morgan fingerprint density at radius 2 is 2.18 bits per heavy atom. The number of hydrogen-bond acceptors (Lipinski definition) is 2. The Morgan fingerprint density at radius 1 is 1.53 bits per heavy atom. The summed E-state index contributed by atoms with van der Waals surface area (Å²) >= 11 is 0. The number of nitrogens with one attached hydrogen (secondary N) is 1. The molecule has 1 heterocycles. The maximum atomic E-state index is 11.9. The van der Waals surface area contributed by atoms with Crippen LogP contribution in [0.15, 0.2) is 0 Å². The number of alkyl halides is 3. The molecule has 2 amide bonds. The molecule has 0 aromatic rings. The van der Waals surface area contributed by atoms with Crippen molar-refractivity contribution in [3.63, 3.8) is 0 Å². The van der Waals surface area contributed by atoms with E-state index < -0.39 is 31.3 Å². The van der Waals surface area contributed by atoms with Gasteiger partial charge in [0.05, 0.1) is 12.5 Å². The second-order valence-corrected chi connectivity index (χ2v) is 4.38. The highest BCUT2D eigenvalue weighted by molar-refractivity contribution is 5.74. The Morgan fingerprint density at radius 3 is 2.71 bits per heavy atom. The highest BCUT2D eigenvalue weighted by Crippen LogP contribution is 2.19. The molecule has 0 aliphatic carbocycles. The number of halogens is 3. The van der Waals surface area contributed by atoms with Crippen LogP contribution in [0.5, 0.6) is 0 Å². The molecule has 2 atom stereocenters. The minimum absolute atomic E-state index is 0.120. The van der Waals surface area contributed by atoms with Gasteiger partial charge in [-0.1, -0.05) is 6.92 Å². The second-order valence-electron chi connectivity index (χ2n) is 4.38.